The highest BCUT2D eigenvalue weighted by Gasteiger charge is 2.09. The summed E-state index contributed by atoms with van der Waals surface area (Å²) in [6, 6.07) is 12.3. The summed E-state index contributed by atoms with van der Waals surface area (Å²) < 4.78 is 28.9. The van der Waals surface area contributed by atoms with Gasteiger partial charge in [-0.15, -0.1) is 0 Å². The number of carbonyl (C=O) groups excluding carboxylic acids is 1. The van der Waals surface area contributed by atoms with Crippen LogP contribution in [0.2, 0.25) is 0 Å². The second-order valence-corrected chi connectivity index (χ2v) is 7.20. The van der Waals surface area contributed by atoms with Crippen molar-refractivity contribution in [2.24, 2.45) is 0 Å². The first-order valence-corrected chi connectivity index (χ1v) is 8.65. The standard InChI is InChI=1S/C17H17O4S/c1-13-9-15(11-17(10-13)22(2,19)20)12-21-16-5-3-14(4-6-16)7-8-18/h3-6,9-11H,7,12H2,1-2H3. The fourth-order valence-electron chi connectivity index (χ4n) is 2.08. The zero-order chi connectivity index (χ0) is 16.2. The Kier molecular flexibility index (Phi) is 4.98. The van der Waals surface area contributed by atoms with Gasteiger partial charge in [-0.1, -0.05) is 18.2 Å². The van der Waals surface area contributed by atoms with Gasteiger partial charge in [-0.05, 0) is 47.9 Å². The molecule has 0 aliphatic heterocycles. The van der Waals surface area contributed by atoms with Crippen LogP contribution in [0.25, 0.3) is 0 Å². The fraction of sp³-hybridized carbons (Fsp3) is 0.235. The van der Waals surface area contributed by atoms with Crippen LogP contribution in [0.3, 0.4) is 0 Å². The maximum atomic E-state index is 11.6. The van der Waals surface area contributed by atoms with Crippen molar-refractivity contribution in [1.82, 2.24) is 0 Å². The molecule has 0 saturated carbocycles. The Balaban J connectivity index is 2.11. The van der Waals surface area contributed by atoms with E-state index in [2.05, 4.69) is 0 Å². The Morgan fingerprint density at radius 2 is 1.73 bits per heavy atom. The Morgan fingerprint density at radius 3 is 2.32 bits per heavy atom. The van der Waals surface area contributed by atoms with Crippen molar-refractivity contribution >= 4 is 16.1 Å². The highest BCUT2D eigenvalue weighted by molar-refractivity contribution is 7.90. The smallest absolute Gasteiger partial charge is 0.203 e. The number of sulfone groups is 1. The lowest BCUT2D eigenvalue weighted by atomic mass is 10.1. The molecule has 0 aliphatic rings. The summed E-state index contributed by atoms with van der Waals surface area (Å²) in [5, 5.41) is 0. The lowest BCUT2D eigenvalue weighted by molar-refractivity contribution is 0.306. The van der Waals surface area contributed by atoms with Gasteiger partial charge in [-0.2, -0.15) is 0 Å². The van der Waals surface area contributed by atoms with Gasteiger partial charge in [0.1, 0.15) is 12.4 Å². The lowest BCUT2D eigenvalue weighted by Gasteiger charge is -2.09. The van der Waals surface area contributed by atoms with E-state index in [9.17, 15) is 13.2 Å². The third-order valence-corrected chi connectivity index (χ3v) is 4.24. The van der Waals surface area contributed by atoms with Crippen molar-refractivity contribution in [3.63, 3.8) is 0 Å². The van der Waals surface area contributed by atoms with Crippen LogP contribution in [0, 0.1) is 6.92 Å². The molecule has 0 aromatic heterocycles. The van der Waals surface area contributed by atoms with Crippen molar-refractivity contribution in [2.75, 3.05) is 6.26 Å². The van der Waals surface area contributed by atoms with E-state index in [4.69, 9.17) is 4.74 Å². The molecular formula is C17H17O4S. The molecule has 2 aromatic carbocycles. The first kappa shape index (κ1) is 16.2. The molecule has 22 heavy (non-hydrogen) atoms. The van der Waals surface area contributed by atoms with Crippen LogP contribution >= 0.6 is 0 Å². The Hall–Kier alpha value is -2.14. The highest BCUT2D eigenvalue weighted by atomic mass is 32.2. The number of rotatable bonds is 6. The molecule has 4 nitrogen and oxygen atoms in total. The van der Waals surface area contributed by atoms with Gasteiger partial charge in [0.25, 0.3) is 0 Å². The molecule has 115 valence electrons. The molecule has 0 bridgehead atoms. The molecule has 0 atom stereocenters. The van der Waals surface area contributed by atoms with Crippen molar-refractivity contribution in [3.05, 3.63) is 59.2 Å². The van der Waals surface area contributed by atoms with E-state index in [1.807, 2.05) is 19.3 Å². The molecule has 0 amide bonds. The van der Waals surface area contributed by atoms with Crippen LogP contribution in [0.4, 0.5) is 0 Å². The number of hydrogen-bond acceptors (Lipinski definition) is 4. The number of hydrogen-bond donors (Lipinski definition) is 0. The van der Waals surface area contributed by atoms with Gasteiger partial charge < -0.3 is 4.74 Å². The molecule has 0 unspecified atom stereocenters. The molecule has 5 heteroatoms. The first-order valence-electron chi connectivity index (χ1n) is 6.76. The molecule has 1 radical (unpaired) electrons. The monoisotopic (exact) mass is 317 g/mol. The normalized spacial score (nSPS) is 11.2. The Bertz CT molecular complexity index is 762. The second-order valence-electron chi connectivity index (χ2n) is 5.18. The van der Waals surface area contributed by atoms with Gasteiger partial charge in [-0.3, -0.25) is 4.79 Å². The van der Waals surface area contributed by atoms with Crippen LogP contribution in [-0.4, -0.2) is 21.0 Å². The van der Waals surface area contributed by atoms with E-state index < -0.39 is 9.84 Å². The number of benzene rings is 2. The fourth-order valence-corrected chi connectivity index (χ4v) is 2.84. The topological polar surface area (TPSA) is 60.4 Å². The molecule has 2 rings (SSSR count). The summed E-state index contributed by atoms with van der Waals surface area (Å²) in [5.74, 6) is 0.664. The Morgan fingerprint density at radius 1 is 1.05 bits per heavy atom. The highest BCUT2D eigenvalue weighted by Crippen LogP contribution is 2.18. The predicted molar refractivity (Wildman–Crippen MR) is 84.5 cm³/mol. The van der Waals surface area contributed by atoms with Crippen molar-refractivity contribution in [3.8, 4) is 5.75 Å². The summed E-state index contributed by atoms with van der Waals surface area (Å²) in [6.45, 7) is 2.13. The van der Waals surface area contributed by atoms with Crippen molar-refractivity contribution in [1.29, 1.82) is 0 Å². The molecule has 0 N–H and O–H groups in total. The summed E-state index contributed by atoms with van der Waals surface area (Å²) in [7, 11) is -3.23. The minimum Gasteiger partial charge on any atom is -0.489 e. The van der Waals surface area contributed by atoms with Crippen LogP contribution in [0.15, 0.2) is 47.4 Å². The van der Waals surface area contributed by atoms with Gasteiger partial charge in [0, 0.05) is 12.7 Å². The minimum atomic E-state index is -3.23. The summed E-state index contributed by atoms with van der Waals surface area (Å²) in [4.78, 5) is 10.6. The molecule has 0 saturated heterocycles. The average molecular weight is 317 g/mol. The van der Waals surface area contributed by atoms with Crippen LogP contribution < -0.4 is 4.74 Å². The van der Waals surface area contributed by atoms with Crippen LogP contribution in [0.1, 0.15) is 16.7 Å². The Labute approximate surface area is 130 Å². The van der Waals surface area contributed by atoms with E-state index in [1.165, 1.54) is 6.26 Å². The van der Waals surface area contributed by atoms with E-state index in [-0.39, 0.29) is 13.0 Å². The van der Waals surface area contributed by atoms with E-state index in [1.54, 1.807) is 36.4 Å². The number of ether oxygens (including phenoxy) is 1. The summed E-state index contributed by atoms with van der Waals surface area (Å²) >= 11 is 0. The zero-order valence-electron chi connectivity index (χ0n) is 12.5. The van der Waals surface area contributed by atoms with Crippen LogP contribution in [-0.2, 0) is 27.7 Å². The van der Waals surface area contributed by atoms with E-state index in [0.29, 0.717) is 10.6 Å². The molecule has 0 fully saturated rings. The maximum Gasteiger partial charge on any atom is 0.203 e. The lowest BCUT2D eigenvalue weighted by Crippen LogP contribution is -2.02. The summed E-state index contributed by atoms with van der Waals surface area (Å²) in [5.41, 5.74) is 2.54. The van der Waals surface area contributed by atoms with Crippen LogP contribution in [0.5, 0.6) is 5.75 Å². The third-order valence-electron chi connectivity index (χ3n) is 3.14. The predicted octanol–water partition coefficient (Wildman–Crippen LogP) is 2.63. The quantitative estimate of drug-likeness (QED) is 0.822. The molecule has 0 spiro atoms. The van der Waals surface area contributed by atoms with Gasteiger partial charge in [0.05, 0.1) is 4.90 Å². The van der Waals surface area contributed by atoms with Crippen molar-refractivity contribution in [2.45, 2.75) is 24.8 Å². The largest absolute Gasteiger partial charge is 0.489 e. The van der Waals surface area contributed by atoms with Gasteiger partial charge in [0.2, 0.25) is 6.29 Å². The molecule has 0 aliphatic carbocycles. The second kappa shape index (κ2) is 6.75. The zero-order valence-corrected chi connectivity index (χ0v) is 13.3. The maximum absolute atomic E-state index is 11.6. The van der Waals surface area contributed by atoms with E-state index >= 15 is 0 Å². The minimum absolute atomic E-state index is 0.260. The average Bonchev–Trinajstić information content (AvgIpc) is 2.45. The third kappa shape index (κ3) is 4.43. The van der Waals surface area contributed by atoms with Gasteiger partial charge >= 0.3 is 0 Å². The van der Waals surface area contributed by atoms with Crippen molar-refractivity contribution < 1.29 is 17.9 Å². The van der Waals surface area contributed by atoms with Gasteiger partial charge in [-0.25, -0.2) is 8.42 Å². The number of aryl methyl sites for hydroxylation is 1. The van der Waals surface area contributed by atoms with E-state index in [0.717, 1.165) is 16.7 Å². The summed E-state index contributed by atoms with van der Waals surface area (Å²) in [6.07, 6.45) is 3.29. The van der Waals surface area contributed by atoms with Gasteiger partial charge in [0.15, 0.2) is 9.84 Å². The SMILES string of the molecule is Cc1cc(COc2ccc(C[C]=O)cc2)cc(S(C)(=O)=O)c1. The molecular weight excluding hydrogens is 300 g/mol. The first-order chi connectivity index (χ1) is 10.4. The molecule has 0 heterocycles. The molecule has 2 aromatic rings.